The van der Waals surface area contributed by atoms with Crippen molar-refractivity contribution in [2.24, 2.45) is 0 Å². The summed E-state index contributed by atoms with van der Waals surface area (Å²) in [5, 5.41) is 0. The van der Waals surface area contributed by atoms with E-state index in [4.69, 9.17) is 14.5 Å². The highest BCUT2D eigenvalue weighted by Gasteiger charge is 2.28. The molecule has 1 N–H and O–H groups in total. The van der Waals surface area contributed by atoms with Crippen molar-refractivity contribution in [3.8, 4) is 11.5 Å². The van der Waals surface area contributed by atoms with Crippen molar-refractivity contribution in [1.82, 2.24) is 19.8 Å². The predicted octanol–water partition coefficient (Wildman–Crippen LogP) is 1.44. The Kier molecular flexibility index (Phi) is 4.94. The number of hydrogen-bond acceptors (Lipinski definition) is 6. The van der Waals surface area contributed by atoms with E-state index in [1.165, 1.54) is 0 Å². The molecular formula is C22H26N4O4. The van der Waals surface area contributed by atoms with Crippen LogP contribution >= 0.6 is 0 Å². The van der Waals surface area contributed by atoms with E-state index in [1.807, 2.05) is 30.1 Å². The topological polar surface area (TPSA) is 87.8 Å². The highest BCUT2D eigenvalue weighted by atomic mass is 16.7. The van der Waals surface area contributed by atoms with E-state index in [9.17, 15) is 9.59 Å². The lowest BCUT2D eigenvalue weighted by Gasteiger charge is -2.33. The molecule has 1 saturated heterocycles. The molecule has 158 valence electrons. The fourth-order valence-corrected chi connectivity index (χ4v) is 4.54. The summed E-state index contributed by atoms with van der Waals surface area (Å²) in [6, 6.07) is 5.64. The second-order valence-electron chi connectivity index (χ2n) is 8.41. The molecule has 5 rings (SSSR count). The zero-order valence-corrected chi connectivity index (χ0v) is 17.1. The normalized spacial score (nSPS) is 20.8. The molecule has 1 atom stereocenters. The van der Waals surface area contributed by atoms with Gasteiger partial charge in [0.05, 0.1) is 17.7 Å². The number of piperidine rings is 1. The van der Waals surface area contributed by atoms with Gasteiger partial charge in [0, 0.05) is 38.5 Å². The number of H-pyrrole nitrogens is 1. The van der Waals surface area contributed by atoms with Crippen molar-refractivity contribution in [3.05, 3.63) is 51.2 Å². The molecule has 3 aliphatic rings. The fourth-order valence-electron chi connectivity index (χ4n) is 4.54. The molecule has 4 heterocycles. The van der Waals surface area contributed by atoms with Gasteiger partial charge in [-0.05, 0) is 37.6 Å². The van der Waals surface area contributed by atoms with Crippen molar-refractivity contribution in [2.75, 3.05) is 33.5 Å². The Bertz CT molecular complexity index is 1030. The minimum Gasteiger partial charge on any atom is -0.454 e. The first kappa shape index (κ1) is 19.1. The molecule has 0 unspecified atom stereocenters. The average Bonchev–Trinajstić information content (AvgIpc) is 3.22. The van der Waals surface area contributed by atoms with Gasteiger partial charge < -0.3 is 24.3 Å². The maximum absolute atomic E-state index is 12.9. The number of ether oxygens (including phenoxy) is 2. The number of aromatic nitrogens is 2. The number of nitrogens with zero attached hydrogens (tertiary/aromatic N) is 3. The molecule has 1 aromatic carbocycles. The Hall–Kier alpha value is -2.87. The van der Waals surface area contributed by atoms with E-state index in [0.29, 0.717) is 25.3 Å². The molecule has 0 spiro atoms. The summed E-state index contributed by atoms with van der Waals surface area (Å²) in [7, 11) is 2.01. The Morgan fingerprint density at radius 3 is 3.03 bits per heavy atom. The van der Waals surface area contributed by atoms with Crippen molar-refractivity contribution in [1.29, 1.82) is 0 Å². The molecule has 1 amide bonds. The number of rotatable bonds is 3. The van der Waals surface area contributed by atoms with Gasteiger partial charge in [-0.15, -0.1) is 0 Å². The number of amides is 1. The Balaban J connectivity index is 1.29. The van der Waals surface area contributed by atoms with Crippen LogP contribution in [0.15, 0.2) is 23.0 Å². The van der Waals surface area contributed by atoms with Gasteiger partial charge in [-0.1, -0.05) is 6.07 Å². The predicted molar refractivity (Wildman–Crippen MR) is 110 cm³/mol. The third kappa shape index (κ3) is 3.67. The van der Waals surface area contributed by atoms with Crippen LogP contribution in [-0.2, 0) is 24.2 Å². The molecule has 1 aromatic heterocycles. The first-order chi connectivity index (χ1) is 14.6. The zero-order valence-electron chi connectivity index (χ0n) is 17.1. The first-order valence-corrected chi connectivity index (χ1v) is 10.5. The van der Waals surface area contributed by atoms with Gasteiger partial charge in [0.25, 0.3) is 5.56 Å². The molecule has 8 heteroatoms. The summed E-state index contributed by atoms with van der Waals surface area (Å²) >= 11 is 0. The number of likely N-dealkylation sites (tertiary alicyclic amines) is 1. The molecule has 8 nitrogen and oxygen atoms in total. The minimum atomic E-state index is -0.0367. The SMILES string of the molecule is CN1CCc2nc([C@@H]3CCCN(C(=O)Cc4ccc5c(c4)OCO5)C3)[nH]c(=O)c2C1. The van der Waals surface area contributed by atoms with Crippen LogP contribution in [0, 0.1) is 0 Å². The van der Waals surface area contributed by atoms with Crippen LogP contribution in [-0.4, -0.2) is 59.1 Å². The summed E-state index contributed by atoms with van der Waals surface area (Å²) in [6.07, 6.45) is 2.95. The van der Waals surface area contributed by atoms with Crippen LogP contribution < -0.4 is 15.0 Å². The first-order valence-electron chi connectivity index (χ1n) is 10.5. The highest BCUT2D eigenvalue weighted by Crippen LogP contribution is 2.33. The van der Waals surface area contributed by atoms with Crippen molar-refractivity contribution in [3.63, 3.8) is 0 Å². The lowest BCUT2D eigenvalue weighted by atomic mass is 9.95. The number of nitrogens with one attached hydrogen (secondary N) is 1. The average molecular weight is 410 g/mol. The van der Waals surface area contributed by atoms with Gasteiger partial charge in [-0.25, -0.2) is 4.98 Å². The standard InChI is InChI=1S/C22H26N4O4/c1-25-8-6-17-16(12-25)22(28)24-21(23-17)15-3-2-7-26(11-15)20(27)10-14-4-5-18-19(9-14)30-13-29-18/h4-5,9,15H,2-3,6-8,10-13H2,1H3,(H,23,24,28)/t15-/m1/s1. The zero-order chi connectivity index (χ0) is 20.7. The Morgan fingerprint density at radius 1 is 1.27 bits per heavy atom. The molecule has 0 bridgehead atoms. The number of carbonyl (C=O) groups is 1. The van der Waals surface area contributed by atoms with E-state index < -0.39 is 0 Å². The number of hydrogen-bond donors (Lipinski definition) is 1. The van der Waals surface area contributed by atoms with E-state index in [2.05, 4.69) is 9.88 Å². The van der Waals surface area contributed by atoms with E-state index in [-0.39, 0.29) is 24.2 Å². The van der Waals surface area contributed by atoms with E-state index in [1.54, 1.807) is 0 Å². The second-order valence-corrected chi connectivity index (χ2v) is 8.41. The summed E-state index contributed by atoms with van der Waals surface area (Å²) in [6.45, 7) is 3.10. The molecule has 0 saturated carbocycles. The molecule has 0 aliphatic carbocycles. The van der Waals surface area contributed by atoms with Gasteiger partial charge in [0.2, 0.25) is 12.7 Å². The van der Waals surface area contributed by atoms with E-state index >= 15 is 0 Å². The minimum absolute atomic E-state index is 0.0367. The van der Waals surface area contributed by atoms with Gasteiger partial charge in [-0.2, -0.15) is 0 Å². The van der Waals surface area contributed by atoms with Crippen molar-refractivity contribution in [2.45, 2.75) is 38.1 Å². The monoisotopic (exact) mass is 410 g/mol. The van der Waals surface area contributed by atoms with Crippen LogP contribution in [0.5, 0.6) is 11.5 Å². The summed E-state index contributed by atoms with van der Waals surface area (Å²) < 4.78 is 10.7. The third-order valence-corrected chi connectivity index (χ3v) is 6.23. The maximum Gasteiger partial charge on any atom is 0.255 e. The van der Waals surface area contributed by atoms with Gasteiger partial charge in [0.15, 0.2) is 11.5 Å². The Morgan fingerprint density at radius 2 is 2.13 bits per heavy atom. The van der Waals surface area contributed by atoms with Crippen LogP contribution in [0.3, 0.4) is 0 Å². The lowest BCUT2D eigenvalue weighted by Crippen LogP contribution is -2.41. The van der Waals surface area contributed by atoms with Crippen LogP contribution in [0.4, 0.5) is 0 Å². The fraction of sp³-hybridized carbons (Fsp3) is 0.500. The van der Waals surface area contributed by atoms with E-state index in [0.717, 1.165) is 60.7 Å². The summed E-state index contributed by atoms with van der Waals surface area (Å²) in [5.41, 5.74) is 2.57. The van der Waals surface area contributed by atoms with Crippen molar-refractivity contribution >= 4 is 5.91 Å². The van der Waals surface area contributed by atoms with Crippen molar-refractivity contribution < 1.29 is 14.3 Å². The largest absolute Gasteiger partial charge is 0.454 e. The quantitative estimate of drug-likeness (QED) is 0.824. The summed E-state index contributed by atoms with van der Waals surface area (Å²) in [4.78, 5) is 37.4. The maximum atomic E-state index is 12.9. The highest BCUT2D eigenvalue weighted by molar-refractivity contribution is 5.79. The summed E-state index contributed by atoms with van der Waals surface area (Å²) in [5.74, 6) is 2.29. The second kappa shape index (κ2) is 7.75. The number of aromatic amines is 1. The molecular weight excluding hydrogens is 384 g/mol. The van der Waals surface area contributed by atoms with Gasteiger partial charge in [-0.3, -0.25) is 9.59 Å². The molecule has 30 heavy (non-hydrogen) atoms. The lowest BCUT2D eigenvalue weighted by molar-refractivity contribution is -0.131. The molecule has 3 aliphatic heterocycles. The third-order valence-electron chi connectivity index (χ3n) is 6.23. The smallest absolute Gasteiger partial charge is 0.255 e. The molecule has 2 aromatic rings. The number of benzene rings is 1. The van der Waals surface area contributed by atoms with Gasteiger partial charge in [0.1, 0.15) is 5.82 Å². The van der Waals surface area contributed by atoms with Crippen LogP contribution in [0.25, 0.3) is 0 Å². The van der Waals surface area contributed by atoms with Crippen LogP contribution in [0.1, 0.15) is 41.4 Å². The van der Waals surface area contributed by atoms with Crippen LogP contribution in [0.2, 0.25) is 0 Å². The Labute approximate surface area is 174 Å². The number of fused-ring (bicyclic) bond motifs is 2. The molecule has 1 fully saturated rings. The van der Waals surface area contributed by atoms with Gasteiger partial charge >= 0.3 is 0 Å². The number of likely N-dealkylation sites (N-methyl/N-ethyl adjacent to an activating group) is 1. The molecule has 0 radical (unpaired) electrons. The number of carbonyl (C=O) groups excluding carboxylic acids is 1.